The average molecular weight is 274 g/mol. The highest BCUT2D eigenvalue weighted by molar-refractivity contribution is 5.82. The highest BCUT2D eigenvalue weighted by Gasteiger charge is 1.91. The molecule has 0 amide bonds. The van der Waals surface area contributed by atoms with E-state index >= 15 is 0 Å². The number of rotatable bonds is 2. The molecule has 0 nitrogen and oxygen atoms in total. The molecular weight excluding hydrogens is 252 g/mol. The quantitative estimate of drug-likeness (QED) is 0.517. The molecule has 0 fully saturated rings. The molecule has 3 aromatic rings. The van der Waals surface area contributed by atoms with Gasteiger partial charge in [0, 0.05) is 0 Å². The predicted octanol–water partition coefficient (Wildman–Crippen LogP) is 6.26. The van der Waals surface area contributed by atoms with Crippen LogP contribution in [-0.4, -0.2) is 0 Å². The second kappa shape index (κ2) is 7.44. The summed E-state index contributed by atoms with van der Waals surface area (Å²) < 4.78 is 0. The minimum Gasteiger partial charge on any atom is -0.0952 e. The van der Waals surface area contributed by atoms with Crippen molar-refractivity contribution in [2.45, 2.75) is 20.3 Å². The molecule has 3 aromatic carbocycles. The Kier molecular flexibility index (Phi) is 5.34. The predicted molar refractivity (Wildman–Crippen MR) is 94.5 cm³/mol. The highest BCUT2D eigenvalue weighted by atomic mass is 14.0. The zero-order valence-corrected chi connectivity index (χ0v) is 12.8. The van der Waals surface area contributed by atoms with E-state index < -0.39 is 0 Å². The van der Waals surface area contributed by atoms with E-state index in [2.05, 4.69) is 75.0 Å². The van der Waals surface area contributed by atoms with Crippen molar-refractivity contribution in [3.8, 4) is 0 Å². The normalized spacial score (nSPS) is 9.81. The van der Waals surface area contributed by atoms with Crippen LogP contribution in [0.3, 0.4) is 0 Å². The molecule has 0 radical (unpaired) electrons. The van der Waals surface area contributed by atoms with Gasteiger partial charge in [-0.3, -0.25) is 0 Å². The van der Waals surface area contributed by atoms with E-state index in [-0.39, 0.29) is 0 Å². The van der Waals surface area contributed by atoms with Gasteiger partial charge in [0.15, 0.2) is 0 Å². The minimum absolute atomic E-state index is 1.03. The van der Waals surface area contributed by atoms with Gasteiger partial charge < -0.3 is 0 Å². The standard InChI is InChI=1S/C11H10.C10H12/c1-9-6-7-10-4-2-3-5-11(10)8-9;1-3-9(2)10-7-5-4-6-8-10/h2-8H,1H3;4-8H,2-3H2,1H3. The summed E-state index contributed by atoms with van der Waals surface area (Å²) in [6.45, 7) is 8.18. The summed E-state index contributed by atoms with van der Waals surface area (Å²) >= 11 is 0. The molecule has 21 heavy (non-hydrogen) atoms. The topological polar surface area (TPSA) is 0 Å². The summed E-state index contributed by atoms with van der Waals surface area (Å²) in [6, 6.07) is 25.2. The second-order valence-electron chi connectivity index (χ2n) is 5.17. The van der Waals surface area contributed by atoms with Crippen LogP contribution in [0.15, 0.2) is 79.4 Å². The lowest BCUT2D eigenvalue weighted by atomic mass is 10.1. The van der Waals surface area contributed by atoms with Crippen LogP contribution < -0.4 is 0 Å². The maximum atomic E-state index is 3.94. The maximum absolute atomic E-state index is 3.94. The molecule has 0 saturated heterocycles. The fourth-order valence-corrected chi connectivity index (χ4v) is 2.19. The largest absolute Gasteiger partial charge is 0.0952 e. The first-order valence-corrected chi connectivity index (χ1v) is 7.39. The Morgan fingerprint density at radius 2 is 1.43 bits per heavy atom. The van der Waals surface area contributed by atoms with E-state index in [1.54, 1.807) is 0 Å². The number of allylic oxidation sites excluding steroid dienone is 1. The lowest BCUT2D eigenvalue weighted by Crippen LogP contribution is -1.77. The fraction of sp³-hybridized carbons (Fsp3) is 0.143. The lowest BCUT2D eigenvalue weighted by molar-refractivity contribution is 1.24. The molecule has 0 heteroatoms. The zero-order chi connectivity index (χ0) is 15.1. The zero-order valence-electron chi connectivity index (χ0n) is 12.8. The van der Waals surface area contributed by atoms with Gasteiger partial charge in [-0.2, -0.15) is 0 Å². The number of hydrogen-bond donors (Lipinski definition) is 0. The highest BCUT2D eigenvalue weighted by Crippen LogP contribution is 2.14. The first kappa shape index (κ1) is 15.1. The smallest absolute Gasteiger partial charge is 0.0181 e. The van der Waals surface area contributed by atoms with E-state index in [0.717, 1.165) is 6.42 Å². The first-order valence-electron chi connectivity index (χ1n) is 7.39. The van der Waals surface area contributed by atoms with Crippen LogP contribution in [-0.2, 0) is 0 Å². The Balaban J connectivity index is 0.000000155. The van der Waals surface area contributed by atoms with E-state index in [9.17, 15) is 0 Å². The molecule has 0 bridgehead atoms. The lowest BCUT2D eigenvalue weighted by Gasteiger charge is -1.99. The minimum atomic E-state index is 1.03. The molecule has 0 aliphatic rings. The van der Waals surface area contributed by atoms with Gasteiger partial charge in [-0.15, -0.1) is 0 Å². The van der Waals surface area contributed by atoms with Crippen LogP contribution >= 0.6 is 0 Å². The summed E-state index contributed by atoms with van der Waals surface area (Å²) in [6.07, 6.45) is 1.03. The van der Waals surface area contributed by atoms with Gasteiger partial charge in [0.05, 0.1) is 0 Å². The third-order valence-corrected chi connectivity index (χ3v) is 3.51. The molecule has 3 rings (SSSR count). The van der Waals surface area contributed by atoms with E-state index in [1.165, 1.54) is 27.5 Å². The van der Waals surface area contributed by atoms with Gasteiger partial charge in [-0.05, 0) is 35.3 Å². The van der Waals surface area contributed by atoms with Crippen molar-refractivity contribution in [2.75, 3.05) is 0 Å². The van der Waals surface area contributed by atoms with Crippen molar-refractivity contribution in [1.82, 2.24) is 0 Å². The molecule has 0 heterocycles. The van der Waals surface area contributed by atoms with Gasteiger partial charge in [-0.25, -0.2) is 0 Å². The number of benzene rings is 3. The van der Waals surface area contributed by atoms with Crippen molar-refractivity contribution in [3.05, 3.63) is 90.5 Å². The number of fused-ring (bicyclic) bond motifs is 1. The van der Waals surface area contributed by atoms with Crippen LogP contribution in [0.2, 0.25) is 0 Å². The molecule has 0 N–H and O–H groups in total. The van der Waals surface area contributed by atoms with Gasteiger partial charge in [0.2, 0.25) is 0 Å². The number of aryl methyl sites for hydroxylation is 1. The first-order chi connectivity index (χ1) is 10.2. The SMILES string of the molecule is C=C(CC)c1ccccc1.Cc1ccc2ccccc2c1. The van der Waals surface area contributed by atoms with Crippen LogP contribution in [0.4, 0.5) is 0 Å². The average Bonchev–Trinajstić information content (AvgIpc) is 2.55. The van der Waals surface area contributed by atoms with Gasteiger partial charge in [0.1, 0.15) is 0 Å². The molecule has 0 atom stereocenters. The Morgan fingerprint density at radius 3 is 2.10 bits per heavy atom. The molecule has 0 spiro atoms. The Labute approximate surface area is 127 Å². The summed E-state index contributed by atoms with van der Waals surface area (Å²) in [4.78, 5) is 0. The van der Waals surface area contributed by atoms with E-state index in [0.29, 0.717) is 0 Å². The summed E-state index contributed by atoms with van der Waals surface area (Å²) in [5, 5.41) is 2.64. The summed E-state index contributed by atoms with van der Waals surface area (Å²) in [5.41, 5.74) is 3.79. The van der Waals surface area contributed by atoms with Crippen molar-refractivity contribution >= 4 is 16.3 Å². The summed E-state index contributed by atoms with van der Waals surface area (Å²) in [7, 11) is 0. The molecule has 0 aromatic heterocycles. The van der Waals surface area contributed by atoms with Crippen molar-refractivity contribution < 1.29 is 0 Å². The second-order valence-corrected chi connectivity index (χ2v) is 5.17. The van der Waals surface area contributed by atoms with Crippen LogP contribution in [0, 0.1) is 6.92 Å². The van der Waals surface area contributed by atoms with E-state index in [1.807, 2.05) is 18.2 Å². The molecule has 0 saturated carbocycles. The number of hydrogen-bond acceptors (Lipinski definition) is 0. The van der Waals surface area contributed by atoms with Crippen LogP contribution in [0.1, 0.15) is 24.5 Å². The van der Waals surface area contributed by atoms with E-state index in [4.69, 9.17) is 0 Å². The van der Waals surface area contributed by atoms with Crippen molar-refractivity contribution in [3.63, 3.8) is 0 Å². The maximum Gasteiger partial charge on any atom is -0.0181 e. The Morgan fingerprint density at radius 1 is 0.810 bits per heavy atom. The molecule has 0 aliphatic heterocycles. The van der Waals surface area contributed by atoms with Gasteiger partial charge in [0.25, 0.3) is 0 Å². The molecule has 0 aliphatic carbocycles. The summed E-state index contributed by atoms with van der Waals surface area (Å²) in [5.74, 6) is 0. The third-order valence-electron chi connectivity index (χ3n) is 3.51. The molecular formula is C21H22. The molecule has 106 valence electrons. The van der Waals surface area contributed by atoms with Crippen LogP contribution in [0.5, 0.6) is 0 Å². The fourth-order valence-electron chi connectivity index (χ4n) is 2.19. The monoisotopic (exact) mass is 274 g/mol. The van der Waals surface area contributed by atoms with Gasteiger partial charge >= 0.3 is 0 Å². The van der Waals surface area contributed by atoms with Gasteiger partial charge in [-0.1, -0.05) is 91.9 Å². The Hall–Kier alpha value is -2.34. The molecule has 0 unspecified atom stereocenters. The van der Waals surface area contributed by atoms with Crippen molar-refractivity contribution in [1.29, 1.82) is 0 Å². The third kappa shape index (κ3) is 4.32. The van der Waals surface area contributed by atoms with Crippen molar-refractivity contribution in [2.24, 2.45) is 0 Å². The Bertz CT molecular complexity index is 708. The van der Waals surface area contributed by atoms with Crippen LogP contribution in [0.25, 0.3) is 16.3 Å².